The maximum atomic E-state index is 12.4. The van der Waals surface area contributed by atoms with Crippen molar-refractivity contribution in [1.82, 2.24) is 15.1 Å². The molecular formula is C16H20Cl2N4O. The summed E-state index contributed by atoms with van der Waals surface area (Å²) >= 11 is 5.87. The van der Waals surface area contributed by atoms with Gasteiger partial charge in [-0.05, 0) is 49.9 Å². The molecule has 7 heteroatoms. The molecule has 1 fully saturated rings. The van der Waals surface area contributed by atoms with Gasteiger partial charge in [-0.3, -0.25) is 4.79 Å². The van der Waals surface area contributed by atoms with Gasteiger partial charge < -0.3 is 11.1 Å². The van der Waals surface area contributed by atoms with Crippen LogP contribution in [0.5, 0.6) is 0 Å². The highest BCUT2D eigenvalue weighted by Crippen LogP contribution is 2.39. The van der Waals surface area contributed by atoms with Crippen LogP contribution in [0.3, 0.4) is 0 Å². The minimum atomic E-state index is -0.334. The van der Waals surface area contributed by atoms with E-state index in [-0.39, 0.29) is 23.9 Å². The van der Waals surface area contributed by atoms with E-state index in [1.807, 2.05) is 19.1 Å². The summed E-state index contributed by atoms with van der Waals surface area (Å²) in [4.78, 5) is 12.4. The van der Waals surface area contributed by atoms with Crippen LogP contribution >= 0.6 is 24.0 Å². The number of rotatable bonds is 5. The second-order valence-electron chi connectivity index (χ2n) is 6.00. The standard InChI is InChI=1S/C16H19ClN4O.ClH/c1-16(10-18,12-2-3-12)20-15(22)11-8-19-21(9-11)14-6-4-13(17)5-7-14;/h4-9,12H,2-3,10,18H2,1H3,(H,20,22);1H. The minimum absolute atomic E-state index is 0. The molecule has 5 nitrogen and oxygen atoms in total. The quantitative estimate of drug-likeness (QED) is 0.866. The predicted molar refractivity (Wildman–Crippen MR) is 93.5 cm³/mol. The average molecular weight is 355 g/mol. The highest BCUT2D eigenvalue weighted by Gasteiger charge is 2.41. The van der Waals surface area contributed by atoms with Crippen molar-refractivity contribution in [2.75, 3.05) is 6.54 Å². The van der Waals surface area contributed by atoms with E-state index < -0.39 is 0 Å². The van der Waals surface area contributed by atoms with Gasteiger partial charge in [-0.2, -0.15) is 5.10 Å². The molecule has 1 aliphatic carbocycles. The fourth-order valence-corrected chi connectivity index (χ4v) is 2.67. The Balaban J connectivity index is 0.00000192. The van der Waals surface area contributed by atoms with Gasteiger partial charge in [-0.25, -0.2) is 4.68 Å². The fraction of sp³-hybridized carbons (Fsp3) is 0.375. The molecule has 0 radical (unpaired) electrons. The second-order valence-corrected chi connectivity index (χ2v) is 6.44. The molecule has 2 aromatic rings. The second kappa shape index (κ2) is 6.91. The van der Waals surface area contributed by atoms with Crippen molar-refractivity contribution in [2.24, 2.45) is 11.7 Å². The minimum Gasteiger partial charge on any atom is -0.345 e. The molecule has 0 aliphatic heterocycles. The number of nitrogens with one attached hydrogen (secondary N) is 1. The van der Waals surface area contributed by atoms with Gasteiger partial charge in [0.15, 0.2) is 0 Å². The van der Waals surface area contributed by atoms with E-state index in [1.54, 1.807) is 29.2 Å². The highest BCUT2D eigenvalue weighted by molar-refractivity contribution is 6.30. The zero-order chi connectivity index (χ0) is 15.7. The van der Waals surface area contributed by atoms with Crippen LogP contribution in [0.15, 0.2) is 36.7 Å². The summed E-state index contributed by atoms with van der Waals surface area (Å²) in [6.45, 7) is 2.45. The van der Waals surface area contributed by atoms with Crippen LogP contribution in [0.1, 0.15) is 30.1 Å². The first kappa shape index (κ1) is 17.8. The van der Waals surface area contributed by atoms with Crippen molar-refractivity contribution in [3.8, 4) is 5.69 Å². The maximum Gasteiger partial charge on any atom is 0.254 e. The van der Waals surface area contributed by atoms with Crippen LogP contribution in [0.25, 0.3) is 5.69 Å². The third-order valence-electron chi connectivity index (χ3n) is 4.24. The molecule has 3 rings (SSSR count). The first-order valence-corrected chi connectivity index (χ1v) is 7.73. The van der Waals surface area contributed by atoms with Crippen LogP contribution in [0.4, 0.5) is 0 Å². The predicted octanol–water partition coefficient (Wildman–Crippen LogP) is 2.80. The van der Waals surface area contributed by atoms with E-state index >= 15 is 0 Å². The Hall–Kier alpha value is -1.56. The van der Waals surface area contributed by atoms with Gasteiger partial charge >= 0.3 is 0 Å². The molecule has 1 atom stereocenters. The Morgan fingerprint density at radius 3 is 2.65 bits per heavy atom. The van der Waals surface area contributed by atoms with Crippen molar-refractivity contribution in [1.29, 1.82) is 0 Å². The number of amides is 1. The van der Waals surface area contributed by atoms with Gasteiger partial charge in [0.2, 0.25) is 0 Å². The zero-order valence-electron chi connectivity index (χ0n) is 12.8. The summed E-state index contributed by atoms with van der Waals surface area (Å²) in [6, 6.07) is 7.28. The highest BCUT2D eigenvalue weighted by atomic mass is 35.5. The van der Waals surface area contributed by atoms with E-state index in [0.29, 0.717) is 23.0 Å². The molecule has 1 aromatic heterocycles. The summed E-state index contributed by atoms with van der Waals surface area (Å²) in [5, 5.41) is 7.96. The lowest BCUT2D eigenvalue weighted by atomic mass is 9.95. The number of nitrogens with two attached hydrogens (primary N) is 1. The van der Waals surface area contributed by atoms with Crippen LogP contribution in [-0.2, 0) is 0 Å². The molecule has 1 saturated carbocycles. The third kappa shape index (κ3) is 3.86. The Kier molecular flexibility index (Phi) is 5.34. The summed E-state index contributed by atoms with van der Waals surface area (Å²) in [6.07, 6.45) is 5.52. The monoisotopic (exact) mass is 354 g/mol. The molecule has 1 aromatic carbocycles. The number of benzene rings is 1. The first-order valence-electron chi connectivity index (χ1n) is 7.35. The van der Waals surface area contributed by atoms with E-state index in [0.717, 1.165) is 18.5 Å². The lowest BCUT2D eigenvalue weighted by molar-refractivity contribution is 0.0898. The molecule has 0 bridgehead atoms. The van der Waals surface area contributed by atoms with Gasteiger partial charge in [0.05, 0.1) is 23.0 Å². The molecular weight excluding hydrogens is 335 g/mol. The van der Waals surface area contributed by atoms with Crippen LogP contribution in [0.2, 0.25) is 5.02 Å². The number of aromatic nitrogens is 2. The average Bonchev–Trinajstić information content (AvgIpc) is 3.26. The number of nitrogens with zero attached hydrogens (tertiary/aromatic N) is 2. The summed E-state index contributed by atoms with van der Waals surface area (Å²) < 4.78 is 1.65. The Bertz CT molecular complexity index is 682. The molecule has 23 heavy (non-hydrogen) atoms. The zero-order valence-corrected chi connectivity index (χ0v) is 14.4. The molecule has 1 unspecified atom stereocenters. The van der Waals surface area contributed by atoms with Gasteiger partial charge in [0.1, 0.15) is 0 Å². The number of carbonyl (C=O) groups excluding carboxylic acids is 1. The number of halogens is 2. The molecule has 1 aliphatic rings. The normalized spacial score (nSPS) is 16.3. The van der Waals surface area contributed by atoms with E-state index in [2.05, 4.69) is 10.4 Å². The van der Waals surface area contributed by atoms with E-state index in [4.69, 9.17) is 17.3 Å². The molecule has 1 amide bonds. The largest absolute Gasteiger partial charge is 0.345 e. The summed E-state index contributed by atoms with van der Waals surface area (Å²) in [7, 11) is 0. The first-order chi connectivity index (χ1) is 10.5. The lowest BCUT2D eigenvalue weighted by Crippen LogP contribution is -2.53. The molecule has 124 valence electrons. The summed E-state index contributed by atoms with van der Waals surface area (Å²) in [5.41, 5.74) is 6.88. The number of hydrogen-bond acceptors (Lipinski definition) is 3. The molecule has 1 heterocycles. The number of carbonyl (C=O) groups is 1. The van der Waals surface area contributed by atoms with Gasteiger partial charge in [0.25, 0.3) is 5.91 Å². The van der Waals surface area contributed by atoms with E-state index in [1.165, 1.54) is 0 Å². The van der Waals surface area contributed by atoms with Crippen LogP contribution in [-0.4, -0.2) is 27.8 Å². The SMILES string of the molecule is CC(CN)(NC(=O)c1cnn(-c2ccc(Cl)cc2)c1)C1CC1.Cl. The Morgan fingerprint density at radius 1 is 1.43 bits per heavy atom. The fourth-order valence-electron chi connectivity index (χ4n) is 2.55. The topological polar surface area (TPSA) is 72.9 Å². The maximum absolute atomic E-state index is 12.4. The van der Waals surface area contributed by atoms with Gasteiger partial charge in [-0.1, -0.05) is 11.6 Å². The van der Waals surface area contributed by atoms with Crippen molar-refractivity contribution < 1.29 is 4.79 Å². The lowest BCUT2D eigenvalue weighted by Gasteiger charge is -2.29. The van der Waals surface area contributed by atoms with E-state index in [9.17, 15) is 4.79 Å². The third-order valence-corrected chi connectivity index (χ3v) is 4.49. The van der Waals surface area contributed by atoms with Crippen molar-refractivity contribution >= 4 is 29.9 Å². The molecule has 3 N–H and O–H groups in total. The Labute approximate surface area is 146 Å². The molecule has 0 spiro atoms. The van der Waals surface area contributed by atoms with Gasteiger partial charge in [0, 0.05) is 17.8 Å². The summed E-state index contributed by atoms with van der Waals surface area (Å²) in [5.74, 6) is 0.341. The van der Waals surface area contributed by atoms with Gasteiger partial charge in [-0.15, -0.1) is 12.4 Å². The number of hydrogen-bond donors (Lipinski definition) is 2. The van der Waals surface area contributed by atoms with Crippen LogP contribution < -0.4 is 11.1 Å². The molecule has 0 saturated heterocycles. The van der Waals surface area contributed by atoms with Crippen molar-refractivity contribution in [3.63, 3.8) is 0 Å². The van der Waals surface area contributed by atoms with Crippen molar-refractivity contribution in [3.05, 3.63) is 47.2 Å². The van der Waals surface area contributed by atoms with Crippen LogP contribution in [0, 0.1) is 5.92 Å². The Morgan fingerprint density at radius 2 is 2.09 bits per heavy atom. The van der Waals surface area contributed by atoms with Crippen molar-refractivity contribution in [2.45, 2.75) is 25.3 Å². The smallest absolute Gasteiger partial charge is 0.254 e.